The van der Waals surface area contributed by atoms with E-state index in [9.17, 15) is 9.90 Å². The van der Waals surface area contributed by atoms with Crippen molar-refractivity contribution in [2.45, 2.75) is 0 Å². The van der Waals surface area contributed by atoms with Crippen molar-refractivity contribution >= 4 is 5.97 Å². The average molecular weight is 124 g/mol. The number of carboxylic acids is 1. The fourth-order valence-corrected chi connectivity index (χ4v) is 0.343. The van der Waals surface area contributed by atoms with Gasteiger partial charge in [-0.3, -0.25) is 0 Å². The van der Waals surface area contributed by atoms with Crippen LogP contribution in [-0.4, -0.2) is 5.97 Å². The minimum absolute atomic E-state index is 0. The first kappa shape index (κ1) is 12.6. The van der Waals surface area contributed by atoms with Crippen LogP contribution in [0.3, 0.4) is 0 Å². The van der Waals surface area contributed by atoms with Gasteiger partial charge in [0.1, 0.15) is 0 Å². The van der Waals surface area contributed by atoms with Gasteiger partial charge in [-0.1, -0.05) is 5.56 Å². The molecule has 3 nitrogen and oxygen atoms in total. The second-order valence-corrected chi connectivity index (χ2v) is 1.22. The summed E-state index contributed by atoms with van der Waals surface area (Å²) in [6.45, 7) is 0. The first-order chi connectivity index (χ1) is 3.80. The molecular formula is C5H2Li2O3. The molecule has 0 bridgehead atoms. The molecule has 5 heteroatoms. The SMILES string of the molecule is O=C([O-])c1[c-]occ1.[Li+].[Li+]. The minimum atomic E-state index is -1.27. The Kier molecular flexibility index (Phi) is 7.20. The Morgan fingerprint density at radius 1 is 1.60 bits per heavy atom. The maximum absolute atomic E-state index is 9.86. The van der Waals surface area contributed by atoms with E-state index in [2.05, 4.69) is 10.7 Å². The van der Waals surface area contributed by atoms with Gasteiger partial charge in [-0.15, -0.1) is 6.07 Å². The summed E-state index contributed by atoms with van der Waals surface area (Å²) in [4.78, 5) is 9.86. The fourth-order valence-electron chi connectivity index (χ4n) is 0.343. The predicted molar refractivity (Wildman–Crippen MR) is 21.9 cm³/mol. The van der Waals surface area contributed by atoms with E-state index in [1.165, 1.54) is 12.3 Å². The number of carbonyl (C=O) groups is 1. The molecule has 42 valence electrons. The van der Waals surface area contributed by atoms with Crippen molar-refractivity contribution in [2.24, 2.45) is 0 Å². The third-order valence-corrected chi connectivity index (χ3v) is 0.692. The Hall–Kier alpha value is -0.0552. The number of carbonyl (C=O) groups excluding carboxylic acids is 1. The molecule has 0 aromatic carbocycles. The zero-order valence-electron chi connectivity index (χ0n) is 5.88. The molecule has 1 rings (SSSR count). The van der Waals surface area contributed by atoms with Gasteiger partial charge in [-0.25, -0.2) is 0 Å². The largest absolute Gasteiger partial charge is 1.00 e. The molecule has 0 N–H and O–H groups in total. The van der Waals surface area contributed by atoms with Crippen LogP contribution in [0, 0.1) is 6.26 Å². The summed E-state index contributed by atoms with van der Waals surface area (Å²) in [5, 5.41) is 9.86. The van der Waals surface area contributed by atoms with Gasteiger partial charge in [0.25, 0.3) is 0 Å². The number of hydrogen-bond donors (Lipinski definition) is 0. The number of aromatic carboxylic acids is 1. The summed E-state index contributed by atoms with van der Waals surface area (Å²) >= 11 is 0. The van der Waals surface area contributed by atoms with Crippen molar-refractivity contribution in [3.05, 3.63) is 24.2 Å². The van der Waals surface area contributed by atoms with E-state index < -0.39 is 5.97 Å². The molecule has 0 radical (unpaired) electrons. The number of rotatable bonds is 1. The third-order valence-electron chi connectivity index (χ3n) is 0.692. The average Bonchev–Trinajstić information content (AvgIpc) is 2.12. The molecule has 0 unspecified atom stereocenters. The molecule has 0 atom stereocenters. The summed E-state index contributed by atoms with van der Waals surface area (Å²) in [7, 11) is 0. The molecule has 1 aromatic heterocycles. The van der Waals surface area contributed by atoms with Crippen molar-refractivity contribution in [1.29, 1.82) is 0 Å². The summed E-state index contributed by atoms with van der Waals surface area (Å²) in [6, 6.07) is 1.27. The van der Waals surface area contributed by atoms with Gasteiger partial charge in [-0.05, 0) is 12.2 Å². The zero-order valence-corrected chi connectivity index (χ0v) is 5.88. The van der Waals surface area contributed by atoms with Gasteiger partial charge in [0.2, 0.25) is 0 Å². The fraction of sp³-hybridized carbons (Fsp3) is 0. The van der Waals surface area contributed by atoms with Crippen molar-refractivity contribution in [3.8, 4) is 0 Å². The Labute approximate surface area is 82.1 Å². The van der Waals surface area contributed by atoms with Gasteiger partial charge in [0, 0.05) is 6.26 Å². The molecule has 0 aliphatic carbocycles. The van der Waals surface area contributed by atoms with Crippen LogP contribution in [0.15, 0.2) is 16.7 Å². The first-order valence-corrected chi connectivity index (χ1v) is 1.97. The molecule has 10 heavy (non-hydrogen) atoms. The molecular weight excluding hydrogens is 122 g/mol. The van der Waals surface area contributed by atoms with Gasteiger partial charge in [0.05, 0.1) is 0 Å². The Morgan fingerprint density at radius 2 is 2.20 bits per heavy atom. The monoisotopic (exact) mass is 124 g/mol. The first-order valence-electron chi connectivity index (χ1n) is 1.97. The van der Waals surface area contributed by atoms with Crippen LogP contribution in [0.25, 0.3) is 0 Å². The second-order valence-electron chi connectivity index (χ2n) is 1.22. The Morgan fingerprint density at radius 3 is 2.40 bits per heavy atom. The maximum atomic E-state index is 9.86. The van der Waals surface area contributed by atoms with Gasteiger partial charge >= 0.3 is 37.7 Å². The molecule has 0 saturated heterocycles. The molecule has 0 fully saturated rings. The number of furan rings is 1. The van der Waals surface area contributed by atoms with E-state index >= 15 is 0 Å². The van der Waals surface area contributed by atoms with Crippen molar-refractivity contribution < 1.29 is 52.0 Å². The van der Waals surface area contributed by atoms with E-state index in [0.717, 1.165) is 0 Å². The maximum Gasteiger partial charge on any atom is 1.00 e. The summed E-state index contributed by atoms with van der Waals surface area (Å²) in [5.41, 5.74) is -0.0509. The molecule has 0 aliphatic rings. The van der Waals surface area contributed by atoms with Crippen LogP contribution in [0.2, 0.25) is 0 Å². The van der Waals surface area contributed by atoms with Crippen molar-refractivity contribution in [3.63, 3.8) is 0 Å². The van der Waals surface area contributed by atoms with Crippen LogP contribution >= 0.6 is 0 Å². The van der Waals surface area contributed by atoms with Gasteiger partial charge in [0.15, 0.2) is 0 Å². The quantitative estimate of drug-likeness (QED) is 0.276. The van der Waals surface area contributed by atoms with Crippen molar-refractivity contribution in [2.75, 3.05) is 0 Å². The van der Waals surface area contributed by atoms with Crippen LogP contribution in [0.4, 0.5) is 0 Å². The van der Waals surface area contributed by atoms with Crippen LogP contribution in [0.1, 0.15) is 10.4 Å². The number of carboxylic acid groups (broad SMARTS) is 1. The van der Waals surface area contributed by atoms with E-state index in [1.807, 2.05) is 0 Å². The predicted octanol–water partition coefficient (Wildman–Crippen LogP) is -6.55. The third kappa shape index (κ3) is 3.20. The summed E-state index contributed by atoms with van der Waals surface area (Å²) in [5.74, 6) is -1.27. The second kappa shape index (κ2) is 5.71. The topological polar surface area (TPSA) is 53.3 Å². The van der Waals surface area contributed by atoms with E-state index in [-0.39, 0.29) is 43.3 Å². The summed E-state index contributed by atoms with van der Waals surface area (Å²) < 4.78 is 4.33. The molecule has 0 aliphatic heterocycles. The standard InChI is InChI=1S/C5H3O3.2Li/c6-5(7)4-1-2-8-3-4;;/h1-2H,(H,6,7);;/q-1;2*+1/p-1. The normalized spacial score (nSPS) is 7.20. The Balaban J connectivity index is 0. The molecule has 1 aromatic rings. The van der Waals surface area contributed by atoms with Crippen LogP contribution in [0.5, 0.6) is 0 Å². The Bertz CT molecular complexity index is 183. The zero-order chi connectivity index (χ0) is 5.98. The van der Waals surface area contributed by atoms with E-state index in [4.69, 9.17) is 0 Å². The van der Waals surface area contributed by atoms with Gasteiger partial charge in [-0.2, -0.15) is 0 Å². The number of hydrogen-bond acceptors (Lipinski definition) is 3. The van der Waals surface area contributed by atoms with Crippen molar-refractivity contribution in [1.82, 2.24) is 0 Å². The molecule has 0 saturated carbocycles. The molecule has 1 heterocycles. The van der Waals surface area contributed by atoms with E-state index in [1.54, 1.807) is 0 Å². The molecule has 0 spiro atoms. The minimum Gasteiger partial charge on any atom is -0.603 e. The van der Waals surface area contributed by atoms with Crippen LogP contribution in [-0.2, 0) is 0 Å². The summed E-state index contributed by atoms with van der Waals surface area (Å²) in [6.07, 6.45) is 3.33. The smallest absolute Gasteiger partial charge is 0.603 e. The van der Waals surface area contributed by atoms with E-state index in [0.29, 0.717) is 0 Å². The van der Waals surface area contributed by atoms with Crippen LogP contribution < -0.4 is 42.8 Å². The molecule has 0 amide bonds. The van der Waals surface area contributed by atoms with Gasteiger partial charge < -0.3 is 14.3 Å².